The van der Waals surface area contributed by atoms with Gasteiger partial charge in [0.2, 0.25) is 5.91 Å². The number of nitrogens with zero attached hydrogens (tertiary/aromatic N) is 2. The number of carbonyl (C=O) groups excluding carboxylic acids is 2. The summed E-state index contributed by atoms with van der Waals surface area (Å²) < 4.78 is 0. The highest BCUT2D eigenvalue weighted by Gasteiger charge is 2.49. The van der Waals surface area contributed by atoms with Crippen LogP contribution in [0.2, 0.25) is 0 Å². The second-order valence-corrected chi connectivity index (χ2v) is 7.11. The molecule has 0 spiro atoms. The SMILES string of the molecule is CC1CC2N(C(=O)C(Cl)Cl)CC(C)(C)CN2C1=O. The van der Waals surface area contributed by atoms with Gasteiger partial charge in [-0.25, -0.2) is 0 Å². The Kier molecular flexibility index (Phi) is 3.54. The van der Waals surface area contributed by atoms with E-state index in [-0.39, 0.29) is 29.3 Å². The molecule has 2 rings (SSSR count). The molecule has 6 heteroatoms. The fourth-order valence-electron chi connectivity index (χ4n) is 2.88. The Balaban J connectivity index is 2.29. The number of carbonyl (C=O) groups is 2. The van der Waals surface area contributed by atoms with E-state index in [0.717, 1.165) is 0 Å². The molecule has 4 nitrogen and oxygen atoms in total. The van der Waals surface area contributed by atoms with Gasteiger partial charge in [-0.3, -0.25) is 9.59 Å². The lowest BCUT2D eigenvalue weighted by atomic mass is 9.89. The van der Waals surface area contributed by atoms with Crippen LogP contribution >= 0.6 is 23.2 Å². The molecule has 18 heavy (non-hydrogen) atoms. The second-order valence-electron chi connectivity index (χ2n) is 6.01. The maximum atomic E-state index is 12.1. The van der Waals surface area contributed by atoms with Gasteiger partial charge < -0.3 is 9.80 Å². The molecule has 0 saturated carbocycles. The van der Waals surface area contributed by atoms with Crippen LogP contribution in [0.25, 0.3) is 0 Å². The molecular formula is C12H18Cl2N2O2. The molecule has 0 bridgehead atoms. The fourth-order valence-corrected chi connectivity index (χ4v) is 3.13. The highest BCUT2D eigenvalue weighted by molar-refractivity contribution is 6.53. The van der Waals surface area contributed by atoms with E-state index < -0.39 is 4.84 Å². The summed E-state index contributed by atoms with van der Waals surface area (Å²) >= 11 is 11.4. The summed E-state index contributed by atoms with van der Waals surface area (Å²) in [5, 5.41) is 0. The van der Waals surface area contributed by atoms with Crippen molar-refractivity contribution in [2.45, 2.75) is 38.2 Å². The molecule has 2 unspecified atom stereocenters. The van der Waals surface area contributed by atoms with Crippen LogP contribution in [0.15, 0.2) is 0 Å². The Morgan fingerprint density at radius 2 is 2.00 bits per heavy atom. The highest BCUT2D eigenvalue weighted by atomic mass is 35.5. The molecule has 2 saturated heterocycles. The van der Waals surface area contributed by atoms with Crippen molar-refractivity contribution in [3.05, 3.63) is 0 Å². The lowest BCUT2D eigenvalue weighted by Crippen LogP contribution is -2.61. The minimum Gasteiger partial charge on any atom is -0.321 e. The third kappa shape index (κ3) is 2.32. The van der Waals surface area contributed by atoms with Crippen LogP contribution in [-0.2, 0) is 9.59 Å². The summed E-state index contributed by atoms with van der Waals surface area (Å²) in [7, 11) is 0. The molecule has 2 fully saturated rings. The van der Waals surface area contributed by atoms with E-state index in [1.165, 1.54) is 0 Å². The third-order valence-corrected chi connectivity index (χ3v) is 4.03. The van der Waals surface area contributed by atoms with Gasteiger partial charge in [0.25, 0.3) is 5.91 Å². The number of rotatable bonds is 1. The smallest absolute Gasteiger partial charge is 0.257 e. The molecule has 2 heterocycles. The molecular weight excluding hydrogens is 275 g/mol. The summed E-state index contributed by atoms with van der Waals surface area (Å²) in [5.41, 5.74) is -0.130. The Morgan fingerprint density at radius 1 is 1.39 bits per heavy atom. The molecule has 0 N–H and O–H groups in total. The van der Waals surface area contributed by atoms with E-state index >= 15 is 0 Å². The van der Waals surface area contributed by atoms with E-state index in [1.54, 1.807) is 9.80 Å². The van der Waals surface area contributed by atoms with E-state index in [9.17, 15) is 9.59 Å². The Hall–Kier alpha value is -0.480. The van der Waals surface area contributed by atoms with Crippen LogP contribution in [0, 0.1) is 11.3 Å². The molecule has 2 atom stereocenters. The van der Waals surface area contributed by atoms with Crippen LogP contribution in [0.5, 0.6) is 0 Å². The van der Waals surface area contributed by atoms with Gasteiger partial charge in [-0.15, -0.1) is 0 Å². The van der Waals surface area contributed by atoms with Crippen molar-refractivity contribution in [2.75, 3.05) is 13.1 Å². The van der Waals surface area contributed by atoms with Crippen molar-refractivity contribution in [2.24, 2.45) is 11.3 Å². The quantitative estimate of drug-likeness (QED) is 0.692. The minimum absolute atomic E-state index is 0.0386. The van der Waals surface area contributed by atoms with Crippen molar-refractivity contribution in [1.29, 1.82) is 0 Å². The van der Waals surface area contributed by atoms with Crippen molar-refractivity contribution in [1.82, 2.24) is 9.80 Å². The molecule has 2 aliphatic heterocycles. The summed E-state index contributed by atoms with van der Waals surface area (Å²) in [6.07, 6.45) is 0.495. The van der Waals surface area contributed by atoms with Crippen molar-refractivity contribution >= 4 is 35.0 Å². The maximum absolute atomic E-state index is 12.1. The van der Waals surface area contributed by atoms with E-state index in [1.807, 2.05) is 20.8 Å². The fraction of sp³-hybridized carbons (Fsp3) is 0.833. The van der Waals surface area contributed by atoms with Gasteiger partial charge in [0.1, 0.15) is 6.17 Å². The number of halogens is 2. The van der Waals surface area contributed by atoms with Crippen molar-refractivity contribution in [3.63, 3.8) is 0 Å². The standard InChI is InChI=1S/C12H18Cl2N2O2/c1-7-4-8-15(10(7)17)5-12(2,3)6-16(8)11(18)9(13)14/h7-9H,4-6H2,1-3H3. The molecule has 102 valence electrons. The van der Waals surface area contributed by atoms with Gasteiger partial charge in [-0.2, -0.15) is 0 Å². The van der Waals surface area contributed by atoms with E-state index in [0.29, 0.717) is 19.5 Å². The maximum Gasteiger partial charge on any atom is 0.257 e. The normalized spacial score (nSPS) is 30.9. The second kappa shape index (κ2) is 4.57. The number of alkyl halides is 2. The average Bonchev–Trinajstić information content (AvgIpc) is 2.53. The van der Waals surface area contributed by atoms with Crippen LogP contribution in [0.3, 0.4) is 0 Å². The van der Waals surface area contributed by atoms with Crippen molar-refractivity contribution < 1.29 is 9.59 Å². The lowest BCUT2D eigenvalue weighted by molar-refractivity contribution is -0.150. The van der Waals surface area contributed by atoms with Crippen LogP contribution in [-0.4, -0.2) is 45.7 Å². The van der Waals surface area contributed by atoms with Crippen molar-refractivity contribution in [3.8, 4) is 0 Å². The zero-order chi connectivity index (χ0) is 13.7. The first-order valence-electron chi connectivity index (χ1n) is 6.12. The third-order valence-electron chi connectivity index (χ3n) is 3.66. The summed E-state index contributed by atoms with van der Waals surface area (Å²) in [5.74, 6) is -0.224. The zero-order valence-corrected chi connectivity index (χ0v) is 12.3. The molecule has 0 aromatic carbocycles. The first-order valence-corrected chi connectivity index (χ1v) is 6.99. The molecule has 2 aliphatic rings. The number of hydrogen-bond donors (Lipinski definition) is 0. The first-order chi connectivity index (χ1) is 8.23. The monoisotopic (exact) mass is 292 g/mol. The van der Waals surface area contributed by atoms with Crippen LogP contribution in [0.1, 0.15) is 27.2 Å². The van der Waals surface area contributed by atoms with E-state index in [4.69, 9.17) is 23.2 Å². The summed E-state index contributed by atoms with van der Waals surface area (Å²) in [4.78, 5) is 26.5. The van der Waals surface area contributed by atoms with Gasteiger partial charge in [0.15, 0.2) is 4.84 Å². The number of hydrogen-bond acceptors (Lipinski definition) is 2. The average molecular weight is 293 g/mol. The lowest BCUT2D eigenvalue weighted by Gasteiger charge is -2.47. The Morgan fingerprint density at radius 3 is 2.56 bits per heavy atom. The van der Waals surface area contributed by atoms with Crippen LogP contribution in [0.4, 0.5) is 0 Å². The van der Waals surface area contributed by atoms with Gasteiger partial charge in [0, 0.05) is 24.4 Å². The number of fused-ring (bicyclic) bond motifs is 1. The van der Waals surface area contributed by atoms with Gasteiger partial charge >= 0.3 is 0 Å². The molecule has 2 amide bonds. The zero-order valence-electron chi connectivity index (χ0n) is 10.8. The largest absolute Gasteiger partial charge is 0.321 e. The predicted octanol–water partition coefficient (Wildman–Crippen LogP) is 1.85. The Bertz CT molecular complexity index is 384. The van der Waals surface area contributed by atoms with Gasteiger partial charge in [0.05, 0.1) is 0 Å². The van der Waals surface area contributed by atoms with Crippen LogP contribution < -0.4 is 0 Å². The Labute approximate surface area is 117 Å². The summed E-state index contributed by atoms with van der Waals surface area (Å²) in [6, 6.07) is 0. The predicted molar refractivity (Wildman–Crippen MR) is 70.3 cm³/mol. The molecule has 0 radical (unpaired) electrons. The highest BCUT2D eigenvalue weighted by Crippen LogP contribution is 2.37. The molecule has 0 aromatic rings. The summed E-state index contributed by atoms with van der Waals surface area (Å²) in [6.45, 7) is 7.24. The molecule has 0 aliphatic carbocycles. The van der Waals surface area contributed by atoms with Gasteiger partial charge in [-0.1, -0.05) is 44.0 Å². The molecule has 0 aromatic heterocycles. The first kappa shape index (κ1) is 13.9. The van der Waals surface area contributed by atoms with E-state index in [2.05, 4.69) is 0 Å². The topological polar surface area (TPSA) is 40.6 Å². The number of amides is 2. The minimum atomic E-state index is -1.06. The van der Waals surface area contributed by atoms with Gasteiger partial charge in [-0.05, 0) is 6.42 Å².